The van der Waals surface area contributed by atoms with Crippen LogP contribution in [-0.2, 0) is 0 Å². The average Bonchev–Trinajstić information content (AvgIpc) is 3.12. The second-order valence-corrected chi connectivity index (χ2v) is 12.8. The third-order valence-corrected chi connectivity index (χ3v) is 9.66. The van der Waals surface area contributed by atoms with Crippen molar-refractivity contribution in [3.05, 3.63) is 35.5 Å². The first-order valence-electron chi connectivity index (χ1n) is 14.1. The van der Waals surface area contributed by atoms with Crippen LogP contribution >= 0.6 is 0 Å². The van der Waals surface area contributed by atoms with Crippen LogP contribution in [-0.4, -0.2) is 33.1 Å². The minimum atomic E-state index is -0.628. The molecule has 3 fully saturated rings. The number of unbranched alkanes of at least 4 members (excludes halogenated alkanes) is 1. The van der Waals surface area contributed by atoms with Crippen molar-refractivity contribution in [3.63, 3.8) is 0 Å². The summed E-state index contributed by atoms with van der Waals surface area (Å²) < 4.78 is 0. The lowest BCUT2D eigenvalue weighted by Crippen LogP contribution is -2.38. The van der Waals surface area contributed by atoms with Gasteiger partial charge in [0, 0.05) is 5.92 Å². The SMILES string of the molecule is C=C1/C(=C\C=C2CCC[C@@]3(C)C2CC[C@@H]3[C@H](C)CCCC(C)(C)O)C[C@@H](O)[C@@H](CCCC)[C@H]1O. The molecule has 194 valence electrons. The highest BCUT2D eigenvalue weighted by Gasteiger charge is 2.50. The van der Waals surface area contributed by atoms with Gasteiger partial charge in [-0.25, -0.2) is 0 Å². The van der Waals surface area contributed by atoms with Crippen LogP contribution in [0.2, 0.25) is 0 Å². The van der Waals surface area contributed by atoms with Gasteiger partial charge in [0.25, 0.3) is 0 Å². The van der Waals surface area contributed by atoms with E-state index in [9.17, 15) is 15.3 Å². The normalized spacial score (nSPS) is 37.9. The Bertz CT molecular complexity index is 757. The third-order valence-electron chi connectivity index (χ3n) is 9.66. The summed E-state index contributed by atoms with van der Waals surface area (Å²) in [5.74, 6) is 2.01. The molecule has 3 aliphatic carbocycles. The van der Waals surface area contributed by atoms with E-state index in [0.717, 1.165) is 49.2 Å². The number of hydrogen-bond acceptors (Lipinski definition) is 3. The molecule has 0 aromatic carbocycles. The van der Waals surface area contributed by atoms with Gasteiger partial charge in [0.2, 0.25) is 0 Å². The molecule has 7 atom stereocenters. The molecule has 3 rings (SSSR count). The van der Waals surface area contributed by atoms with E-state index in [1.54, 1.807) is 5.57 Å². The zero-order valence-electron chi connectivity index (χ0n) is 22.7. The Balaban J connectivity index is 1.69. The van der Waals surface area contributed by atoms with Gasteiger partial charge >= 0.3 is 0 Å². The molecular weight excluding hydrogens is 420 g/mol. The molecule has 0 bridgehead atoms. The van der Waals surface area contributed by atoms with E-state index in [1.807, 2.05) is 13.8 Å². The van der Waals surface area contributed by atoms with Crippen LogP contribution in [0, 0.1) is 29.1 Å². The van der Waals surface area contributed by atoms with Crippen LogP contribution in [0.25, 0.3) is 0 Å². The van der Waals surface area contributed by atoms with Crippen molar-refractivity contribution < 1.29 is 15.3 Å². The quantitative estimate of drug-likeness (QED) is 0.335. The molecule has 3 N–H and O–H groups in total. The van der Waals surface area contributed by atoms with Gasteiger partial charge in [-0.15, -0.1) is 0 Å². The highest BCUT2D eigenvalue weighted by molar-refractivity contribution is 5.39. The van der Waals surface area contributed by atoms with Crippen LogP contribution in [0.5, 0.6) is 0 Å². The van der Waals surface area contributed by atoms with Crippen LogP contribution in [0.4, 0.5) is 0 Å². The van der Waals surface area contributed by atoms with Crippen molar-refractivity contribution in [3.8, 4) is 0 Å². The lowest BCUT2D eigenvalue weighted by Gasteiger charge is -2.44. The van der Waals surface area contributed by atoms with Crippen LogP contribution in [0.1, 0.15) is 112 Å². The summed E-state index contributed by atoms with van der Waals surface area (Å²) in [7, 11) is 0. The van der Waals surface area contributed by atoms with E-state index in [2.05, 4.69) is 39.5 Å². The summed E-state index contributed by atoms with van der Waals surface area (Å²) in [6, 6.07) is 0. The number of aliphatic hydroxyl groups is 3. The molecule has 0 aliphatic heterocycles. The van der Waals surface area contributed by atoms with Crippen molar-refractivity contribution in [2.24, 2.45) is 29.1 Å². The van der Waals surface area contributed by atoms with Gasteiger partial charge in [0.05, 0.1) is 17.8 Å². The van der Waals surface area contributed by atoms with Gasteiger partial charge in [0.15, 0.2) is 0 Å². The fourth-order valence-corrected chi connectivity index (χ4v) is 7.61. The number of rotatable bonds is 9. The Morgan fingerprint density at radius 1 is 1.18 bits per heavy atom. The standard InChI is InChI=1S/C31H52O3/c1-7-8-13-25-28(32)20-24(22(3)29(25)33)15-14-23-12-10-19-31(6)26(16-17-27(23)31)21(2)11-9-18-30(4,5)34/h14-15,21,25-29,32-34H,3,7-13,16-20H2,1-2,4-6H3/b23-14?,24-15-/t21-,25-,26-,27?,28-,29+,31-/m1/s1. The first-order valence-corrected chi connectivity index (χ1v) is 14.1. The van der Waals surface area contributed by atoms with Crippen LogP contribution in [0.3, 0.4) is 0 Å². The molecule has 0 radical (unpaired) electrons. The van der Waals surface area contributed by atoms with Crippen molar-refractivity contribution in [2.75, 3.05) is 0 Å². The fraction of sp³-hybridized carbons (Fsp3) is 0.806. The topological polar surface area (TPSA) is 60.7 Å². The van der Waals surface area contributed by atoms with Crippen molar-refractivity contribution >= 4 is 0 Å². The number of allylic oxidation sites excluding steroid dienone is 3. The smallest absolute Gasteiger partial charge is 0.0839 e. The maximum atomic E-state index is 10.8. The van der Waals surface area contributed by atoms with Gasteiger partial charge in [-0.3, -0.25) is 0 Å². The summed E-state index contributed by atoms with van der Waals surface area (Å²) in [4.78, 5) is 0. The number of aliphatic hydroxyl groups excluding tert-OH is 2. The summed E-state index contributed by atoms with van der Waals surface area (Å²) in [5, 5.41) is 31.6. The molecule has 3 saturated carbocycles. The summed E-state index contributed by atoms with van der Waals surface area (Å²) in [6.45, 7) is 15.2. The summed E-state index contributed by atoms with van der Waals surface area (Å²) in [6.07, 6.45) is 16.5. The molecular formula is C31H52O3. The first kappa shape index (κ1) is 27.7. The van der Waals surface area contributed by atoms with Crippen molar-refractivity contribution in [1.29, 1.82) is 0 Å². The first-order chi connectivity index (χ1) is 16.0. The van der Waals surface area contributed by atoms with Gasteiger partial charge in [-0.2, -0.15) is 0 Å². The molecule has 0 spiro atoms. The average molecular weight is 473 g/mol. The Morgan fingerprint density at radius 3 is 2.59 bits per heavy atom. The fourth-order valence-electron chi connectivity index (χ4n) is 7.61. The molecule has 0 heterocycles. The summed E-state index contributed by atoms with van der Waals surface area (Å²) in [5.41, 5.74) is 3.21. The minimum absolute atomic E-state index is 0.0799. The second kappa shape index (κ2) is 11.4. The monoisotopic (exact) mass is 472 g/mol. The zero-order valence-corrected chi connectivity index (χ0v) is 22.7. The van der Waals surface area contributed by atoms with Crippen molar-refractivity contribution in [2.45, 2.75) is 129 Å². The van der Waals surface area contributed by atoms with E-state index in [0.29, 0.717) is 23.7 Å². The molecule has 3 nitrogen and oxygen atoms in total. The highest BCUT2D eigenvalue weighted by Crippen LogP contribution is 2.60. The summed E-state index contributed by atoms with van der Waals surface area (Å²) >= 11 is 0. The van der Waals surface area contributed by atoms with E-state index < -0.39 is 17.8 Å². The lowest BCUT2D eigenvalue weighted by molar-refractivity contribution is 0.0131. The predicted molar refractivity (Wildman–Crippen MR) is 142 cm³/mol. The van der Waals surface area contributed by atoms with Crippen LogP contribution < -0.4 is 0 Å². The molecule has 34 heavy (non-hydrogen) atoms. The van der Waals surface area contributed by atoms with Gasteiger partial charge in [-0.1, -0.05) is 70.8 Å². The Hall–Kier alpha value is -0.900. The maximum Gasteiger partial charge on any atom is 0.0839 e. The molecule has 3 heteroatoms. The predicted octanol–water partition coefficient (Wildman–Crippen LogP) is 7.12. The molecule has 1 unspecified atom stereocenters. The van der Waals surface area contributed by atoms with Gasteiger partial charge in [0.1, 0.15) is 0 Å². The minimum Gasteiger partial charge on any atom is -0.392 e. The van der Waals surface area contributed by atoms with E-state index >= 15 is 0 Å². The number of fused-ring (bicyclic) bond motifs is 1. The molecule has 0 aromatic rings. The molecule has 3 aliphatic rings. The molecule has 0 amide bonds. The zero-order chi connectivity index (χ0) is 25.1. The Kier molecular flexibility index (Phi) is 9.31. The number of hydrogen-bond donors (Lipinski definition) is 3. The van der Waals surface area contributed by atoms with Crippen molar-refractivity contribution in [1.82, 2.24) is 0 Å². The lowest BCUT2D eigenvalue weighted by atomic mass is 9.60. The Labute approximate surface area is 209 Å². The third kappa shape index (κ3) is 6.26. The van der Waals surface area contributed by atoms with Crippen LogP contribution in [0.15, 0.2) is 35.5 Å². The van der Waals surface area contributed by atoms with E-state index in [4.69, 9.17) is 0 Å². The highest BCUT2D eigenvalue weighted by atomic mass is 16.3. The van der Waals surface area contributed by atoms with Gasteiger partial charge in [-0.05, 0) is 99.5 Å². The largest absolute Gasteiger partial charge is 0.392 e. The molecule has 0 aromatic heterocycles. The van der Waals surface area contributed by atoms with Gasteiger partial charge < -0.3 is 15.3 Å². The second-order valence-electron chi connectivity index (χ2n) is 12.8. The van der Waals surface area contributed by atoms with E-state index in [1.165, 1.54) is 38.5 Å². The maximum absolute atomic E-state index is 10.8. The molecule has 0 saturated heterocycles. The van der Waals surface area contributed by atoms with E-state index in [-0.39, 0.29) is 5.92 Å². The Morgan fingerprint density at radius 2 is 1.91 bits per heavy atom.